The smallest absolute Gasteiger partial charge is 0.0984 e. The van der Waals surface area contributed by atoms with Crippen molar-refractivity contribution in [2.45, 2.75) is 25.5 Å². The highest BCUT2D eigenvalue weighted by Crippen LogP contribution is 2.28. The molecule has 25 heavy (non-hydrogen) atoms. The van der Waals surface area contributed by atoms with Gasteiger partial charge in [0.2, 0.25) is 0 Å². The van der Waals surface area contributed by atoms with Crippen molar-refractivity contribution in [3.05, 3.63) is 71.8 Å². The maximum Gasteiger partial charge on any atom is 0.0984 e. The van der Waals surface area contributed by atoms with Gasteiger partial charge in [0, 0.05) is 13.2 Å². The van der Waals surface area contributed by atoms with E-state index in [0.717, 1.165) is 30.7 Å². The predicted molar refractivity (Wildman–Crippen MR) is 101 cm³/mol. The van der Waals surface area contributed by atoms with E-state index in [9.17, 15) is 5.11 Å². The molecule has 0 aromatic heterocycles. The topological polar surface area (TPSA) is 50.7 Å². The van der Waals surface area contributed by atoms with E-state index in [1.165, 1.54) is 0 Å². The lowest BCUT2D eigenvalue weighted by atomic mass is 9.95. The van der Waals surface area contributed by atoms with E-state index < -0.39 is 6.10 Å². The van der Waals surface area contributed by atoms with Crippen LogP contribution in [-0.4, -0.2) is 38.1 Å². The summed E-state index contributed by atoms with van der Waals surface area (Å²) < 4.78 is 10.8. The van der Waals surface area contributed by atoms with Gasteiger partial charge in [-0.3, -0.25) is 0 Å². The molecule has 2 unspecified atom stereocenters. The van der Waals surface area contributed by atoms with Gasteiger partial charge in [0.25, 0.3) is 0 Å². The molecule has 0 saturated carbocycles. The number of hydrogen-bond donors (Lipinski definition) is 2. The summed E-state index contributed by atoms with van der Waals surface area (Å²) in [7, 11) is 0. The molecule has 0 heterocycles. The van der Waals surface area contributed by atoms with Crippen LogP contribution < -0.4 is 5.32 Å². The number of aliphatic hydroxyl groups excluding tert-OH is 1. The molecule has 4 nitrogen and oxygen atoms in total. The summed E-state index contributed by atoms with van der Waals surface area (Å²) in [4.78, 5) is 0. The molecular formula is C21H29NO3. The summed E-state index contributed by atoms with van der Waals surface area (Å²) in [5, 5.41) is 14.3. The summed E-state index contributed by atoms with van der Waals surface area (Å²) in [6, 6.07) is 19.7. The third-order valence-corrected chi connectivity index (χ3v) is 4.02. The highest BCUT2D eigenvalue weighted by atomic mass is 16.5. The van der Waals surface area contributed by atoms with Crippen LogP contribution in [0.15, 0.2) is 60.7 Å². The third kappa shape index (κ3) is 6.96. The van der Waals surface area contributed by atoms with Crippen LogP contribution in [0.5, 0.6) is 0 Å². The lowest BCUT2D eigenvalue weighted by Gasteiger charge is -2.25. The zero-order valence-electron chi connectivity index (χ0n) is 14.9. The average molecular weight is 343 g/mol. The number of nitrogens with one attached hydrogen (secondary N) is 1. The maximum atomic E-state index is 10.8. The number of hydrogen-bond acceptors (Lipinski definition) is 4. The molecule has 0 radical (unpaired) electrons. The molecule has 0 aliphatic carbocycles. The summed E-state index contributed by atoms with van der Waals surface area (Å²) in [5.41, 5.74) is 1.99. The predicted octanol–water partition coefficient (Wildman–Crippen LogP) is 3.49. The van der Waals surface area contributed by atoms with Crippen LogP contribution in [0.1, 0.15) is 36.6 Å². The molecule has 0 spiro atoms. The number of ether oxygens (including phenoxy) is 2. The van der Waals surface area contributed by atoms with Gasteiger partial charge in [0.05, 0.1) is 25.4 Å². The second kappa shape index (κ2) is 11.8. The standard InChI is InChI=1S/C21H29NO3/c1-2-24-16-17-25-15-9-14-22-20(18-10-5-3-6-11-18)21(23)19-12-7-4-8-13-19/h3-8,10-13,20-23H,2,9,14-17H2,1H3. The molecule has 2 aromatic carbocycles. The minimum absolute atomic E-state index is 0.146. The summed E-state index contributed by atoms with van der Waals surface area (Å²) in [5.74, 6) is 0. The van der Waals surface area contributed by atoms with Gasteiger partial charge in [-0.1, -0.05) is 60.7 Å². The van der Waals surface area contributed by atoms with Crippen LogP contribution in [0.4, 0.5) is 0 Å². The van der Waals surface area contributed by atoms with Crippen molar-refractivity contribution in [3.63, 3.8) is 0 Å². The van der Waals surface area contributed by atoms with Gasteiger partial charge in [0.15, 0.2) is 0 Å². The molecule has 136 valence electrons. The van der Waals surface area contributed by atoms with Gasteiger partial charge < -0.3 is 19.9 Å². The third-order valence-electron chi connectivity index (χ3n) is 4.02. The van der Waals surface area contributed by atoms with Crippen molar-refractivity contribution in [3.8, 4) is 0 Å². The normalized spacial score (nSPS) is 13.5. The van der Waals surface area contributed by atoms with E-state index in [1.54, 1.807) is 0 Å². The SMILES string of the molecule is CCOCCOCCCNC(c1ccccc1)C(O)c1ccccc1. The monoisotopic (exact) mass is 343 g/mol. The second-order valence-corrected chi connectivity index (χ2v) is 5.86. The largest absolute Gasteiger partial charge is 0.386 e. The van der Waals surface area contributed by atoms with Crippen molar-refractivity contribution in [1.82, 2.24) is 5.32 Å². The van der Waals surface area contributed by atoms with E-state index in [1.807, 2.05) is 67.6 Å². The molecule has 2 rings (SSSR count). The first-order chi connectivity index (χ1) is 12.3. The Hall–Kier alpha value is -1.72. The minimum Gasteiger partial charge on any atom is -0.386 e. The Labute approximate surface area is 150 Å². The summed E-state index contributed by atoms with van der Waals surface area (Å²) >= 11 is 0. The van der Waals surface area contributed by atoms with Crippen molar-refractivity contribution in [1.29, 1.82) is 0 Å². The minimum atomic E-state index is -0.595. The zero-order chi connectivity index (χ0) is 17.7. The van der Waals surface area contributed by atoms with Gasteiger partial charge in [-0.05, 0) is 31.0 Å². The molecule has 4 heteroatoms. The van der Waals surface area contributed by atoms with Gasteiger partial charge in [-0.2, -0.15) is 0 Å². The summed E-state index contributed by atoms with van der Waals surface area (Å²) in [6.07, 6.45) is 0.291. The van der Waals surface area contributed by atoms with E-state index >= 15 is 0 Å². The van der Waals surface area contributed by atoms with Crippen LogP contribution in [0.3, 0.4) is 0 Å². The van der Waals surface area contributed by atoms with Gasteiger partial charge in [-0.15, -0.1) is 0 Å². The van der Waals surface area contributed by atoms with Crippen molar-refractivity contribution < 1.29 is 14.6 Å². The van der Waals surface area contributed by atoms with Crippen LogP contribution in [0.2, 0.25) is 0 Å². The van der Waals surface area contributed by atoms with Crippen molar-refractivity contribution in [2.24, 2.45) is 0 Å². The fourth-order valence-electron chi connectivity index (χ4n) is 2.71. The van der Waals surface area contributed by atoms with E-state index in [2.05, 4.69) is 5.32 Å². The molecule has 0 saturated heterocycles. The first-order valence-electron chi connectivity index (χ1n) is 8.99. The second-order valence-electron chi connectivity index (χ2n) is 5.86. The van der Waals surface area contributed by atoms with E-state index in [4.69, 9.17) is 9.47 Å². The molecule has 0 fully saturated rings. The van der Waals surface area contributed by atoms with Crippen molar-refractivity contribution in [2.75, 3.05) is 33.0 Å². The van der Waals surface area contributed by atoms with E-state index in [-0.39, 0.29) is 6.04 Å². The fraction of sp³-hybridized carbons (Fsp3) is 0.429. The highest BCUT2D eigenvalue weighted by molar-refractivity contribution is 5.26. The Balaban J connectivity index is 1.86. The first kappa shape index (κ1) is 19.6. The van der Waals surface area contributed by atoms with Crippen molar-refractivity contribution >= 4 is 0 Å². The van der Waals surface area contributed by atoms with Crippen LogP contribution in [0.25, 0.3) is 0 Å². The summed E-state index contributed by atoms with van der Waals surface area (Å²) in [6.45, 7) is 5.43. The molecular weight excluding hydrogens is 314 g/mol. The Morgan fingerprint density at radius 3 is 2.08 bits per heavy atom. The number of benzene rings is 2. The Morgan fingerprint density at radius 2 is 1.44 bits per heavy atom. The Bertz CT molecular complexity index is 562. The highest BCUT2D eigenvalue weighted by Gasteiger charge is 2.21. The molecule has 2 atom stereocenters. The Morgan fingerprint density at radius 1 is 0.840 bits per heavy atom. The zero-order valence-corrected chi connectivity index (χ0v) is 14.9. The molecule has 0 aliphatic rings. The average Bonchev–Trinajstić information content (AvgIpc) is 2.68. The maximum absolute atomic E-state index is 10.8. The molecule has 0 bridgehead atoms. The number of rotatable bonds is 12. The quantitative estimate of drug-likeness (QED) is 0.579. The lowest BCUT2D eigenvalue weighted by molar-refractivity contribution is 0.0509. The van der Waals surface area contributed by atoms with Crippen LogP contribution in [-0.2, 0) is 9.47 Å². The molecule has 2 N–H and O–H groups in total. The van der Waals surface area contributed by atoms with E-state index in [0.29, 0.717) is 19.8 Å². The van der Waals surface area contributed by atoms with Gasteiger partial charge in [-0.25, -0.2) is 0 Å². The van der Waals surface area contributed by atoms with Crippen LogP contribution >= 0.6 is 0 Å². The van der Waals surface area contributed by atoms with Gasteiger partial charge in [0.1, 0.15) is 0 Å². The Kier molecular flexibility index (Phi) is 9.23. The number of aliphatic hydroxyl groups is 1. The van der Waals surface area contributed by atoms with Crippen LogP contribution in [0, 0.1) is 0 Å². The fourth-order valence-corrected chi connectivity index (χ4v) is 2.71. The molecule has 0 aliphatic heterocycles. The first-order valence-corrected chi connectivity index (χ1v) is 8.99. The van der Waals surface area contributed by atoms with Gasteiger partial charge >= 0.3 is 0 Å². The molecule has 2 aromatic rings. The molecule has 0 amide bonds. The lowest BCUT2D eigenvalue weighted by Crippen LogP contribution is -2.28.